The van der Waals surface area contributed by atoms with Crippen molar-refractivity contribution in [1.82, 2.24) is 5.32 Å². The molecule has 6 nitrogen and oxygen atoms in total. The van der Waals surface area contributed by atoms with Gasteiger partial charge in [-0.2, -0.15) is 5.26 Å². The number of nitrogens with one attached hydrogen (secondary N) is 1. The van der Waals surface area contributed by atoms with Crippen LogP contribution in [0.15, 0.2) is 78.4 Å². The average Bonchev–Trinajstić information content (AvgIpc) is 2.84. The van der Waals surface area contributed by atoms with E-state index in [1.54, 1.807) is 18.2 Å². The Morgan fingerprint density at radius 2 is 1.76 bits per heavy atom. The van der Waals surface area contributed by atoms with Crippen molar-refractivity contribution in [2.75, 3.05) is 20.3 Å². The van der Waals surface area contributed by atoms with E-state index in [-0.39, 0.29) is 5.57 Å². The Kier molecular flexibility index (Phi) is 8.49. The average molecular weight is 443 g/mol. The fourth-order valence-electron chi connectivity index (χ4n) is 3.10. The molecule has 0 heterocycles. The lowest BCUT2D eigenvalue weighted by atomic mass is 10.1. The number of hydrogen-bond donors (Lipinski definition) is 1. The lowest BCUT2D eigenvalue weighted by molar-refractivity contribution is -0.117. The van der Waals surface area contributed by atoms with Crippen LogP contribution in [0.3, 0.4) is 0 Å². The maximum absolute atomic E-state index is 12.4. The molecule has 0 saturated carbocycles. The summed E-state index contributed by atoms with van der Waals surface area (Å²) < 4.78 is 16.9. The van der Waals surface area contributed by atoms with E-state index in [0.29, 0.717) is 36.8 Å². The smallest absolute Gasteiger partial charge is 0.262 e. The van der Waals surface area contributed by atoms with Crippen molar-refractivity contribution in [3.63, 3.8) is 0 Å². The number of nitriles is 1. The fraction of sp³-hybridized carbons (Fsp3) is 0.185. The van der Waals surface area contributed by atoms with Gasteiger partial charge < -0.3 is 19.5 Å². The Hall–Kier alpha value is -4.24. The van der Waals surface area contributed by atoms with Crippen molar-refractivity contribution >= 4 is 12.0 Å². The van der Waals surface area contributed by atoms with E-state index in [1.807, 2.05) is 67.6 Å². The first-order valence-electron chi connectivity index (χ1n) is 10.5. The molecular weight excluding hydrogens is 416 g/mol. The molecule has 3 rings (SSSR count). The number of carbonyl (C=O) groups excluding carboxylic acids is 1. The van der Waals surface area contributed by atoms with E-state index < -0.39 is 5.91 Å². The minimum atomic E-state index is -0.436. The normalized spacial score (nSPS) is 10.8. The topological polar surface area (TPSA) is 80.6 Å². The van der Waals surface area contributed by atoms with E-state index in [1.165, 1.54) is 13.2 Å². The standard InChI is InChI=1S/C27H26N2O4/c1-20-7-6-10-24(15-20)32-13-14-33-25-12-11-22(17-26(25)31-2)16-23(18-28)27(30)29-19-21-8-4-3-5-9-21/h3-12,15-17H,13-14,19H2,1-2H3,(H,29,30). The van der Waals surface area contributed by atoms with Gasteiger partial charge in [-0.05, 0) is 54.0 Å². The van der Waals surface area contributed by atoms with Gasteiger partial charge in [0.15, 0.2) is 11.5 Å². The fourth-order valence-corrected chi connectivity index (χ4v) is 3.10. The predicted octanol–water partition coefficient (Wildman–Crippen LogP) is 4.68. The minimum Gasteiger partial charge on any atom is -0.493 e. The summed E-state index contributed by atoms with van der Waals surface area (Å²) in [6.45, 7) is 3.08. The zero-order chi connectivity index (χ0) is 23.5. The molecule has 0 fully saturated rings. The van der Waals surface area contributed by atoms with Gasteiger partial charge in [-0.1, -0.05) is 48.5 Å². The summed E-state index contributed by atoms with van der Waals surface area (Å²) in [4.78, 5) is 12.4. The molecule has 0 aliphatic carbocycles. The molecular formula is C27H26N2O4. The summed E-state index contributed by atoms with van der Waals surface area (Å²) in [7, 11) is 1.54. The maximum atomic E-state index is 12.4. The summed E-state index contributed by atoms with van der Waals surface area (Å²) >= 11 is 0. The van der Waals surface area contributed by atoms with Crippen LogP contribution in [0.25, 0.3) is 6.08 Å². The number of amides is 1. The van der Waals surface area contributed by atoms with Gasteiger partial charge in [-0.15, -0.1) is 0 Å². The zero-order valence-electron chi connectivity index (χ0n) is 18.7. The molecule has 33 heavy (non-hydrogen) atoms. The van der Waals surface area contributed by atoms with Crippen molar-refractivity contribution in [3.05, 3.63) is 95.1 Å². The Bertz CT molecular complexity index is 1150. The third-order valence-electron chi connectivity index (χ3n) is 4.76. The quantitative estimate of drug-likeness (QED) is 0.280. The first-order valence-corrected chi connectivity index (χ1v) is 10.5. The van der Waals surface area contributed by atoms with E-state index >= 15 is 0 Å². The summed E-state index contributed by atoms with van der Waals surface area (Å²) in [5, 5.41) is 12.2. The largest absolute Gasteiger partial charge is 0.493 e. The van der Waals surface area contributed by atoms with Gasteiger partial charge in [0.1, 0.15) is 30.6 Å². The van der Waals surface area contributed by atoms with Crippen LogP contribution in [0.5, 0.6) is 17.2 Å². The number of methoxy groups -OCH3 is 1. The minimum absolute atomic E-state index is 0.00760. The highest BCUT2D eigenvalue weighted by molar-refractivity contribution is 6.01. The maximum Gasteiger partial charge on any atom is 0.262 e. The molecule has 168 valence electrons. The van der Waals surface area contributed by atoms with Gasteiger partial charge in [0.25, 0.3) is 5.91 Å². The van der Waals surface area contributed by atoms with Crippen LogP contribution in [0.2, 0.25) is 0 Å². The molecule has 0 aliphatic heterocycles. The van der Waals surface area contributed by atoms with Gasteiger partial charge in [0, 0.05) is 6.54 Å². The van der Waals surface area contributed by atoms with E-state index in [2.05, 4.69) is 5.32 Å². The molecule has 3 aromatic carbocycles. The van der Waals surface area contributed by atoms with Crippen LogP contribution in [-0.4, -0.2) is 26.2 Å². The van der Waals surface area contributed by atoms with E-state index in [4.69, 9.17) is 14.2 Å². The van der Waals surface area contributed by atoms with Gasteiger partial charge in [0.2, 0.25) is 0 Å². The molecule has 6 heteroatoms. The summed E-state index contributed by atoms with van der Waals surface area (Å²) in [6, 6.07) is 24.5. The van der Waals surface area contributed by atoms with Crippen molar-refractivity contribution < 1.29 is 19.0 Å². The number of benzene rings is 3. The van der Waals surface area contributed by atoms with Crippen LogP contribution in [0, 0.1) is 18.3 Å². The molecule has 0 radical (unpaired) electrons. The van der Waals surface area contributed by atoms with Gasteiger partial charge >= 0.3 is 0 Å². The number of nitrogens with zero attached hydrogens (tertiary/aromatic N) is 1. The zero-order valence-corrected chi connectivity index (χ0v) is 18.7. The molecule has 0 spiro atoms. The van der Waals surface area contributed by atoms with E-state index in [0.717, 1.165) is 16.9 Å². The highest BCUT2D eigenvalue weighted by atomic mass is 16.5. The third kappa shape index (κ3) is 7.15. The Morgan fingerprint density at radius 1 is 0.970 bits per heavy atom. The van der Waals surface area contributed by atoms with Crippen LogP contribution >= 0.6 is 0 Å². The van der Waals surface area contributed by atoms with E-state index in [9.17, 15) is 10.1 Å². The Balaban J connectivity index is 1.59. The third-order valence-corrected chi connectivity index (χ3v) is 4.76. The van der Waals surface area contributed by atoms with Gasteiger partial charge in [-0.3, -0.25) is 4.79 Å². The molecule has 1 amide bonds. The van der Waals surface area contributed by atoms with Crippen LogP contribution in [-0.2, 0) is 11.3 Å². The number of carbonyl (C=O) groups is 1. The monoisotopic (exact) mass is 442 g/mol. The molecule has 0 aliphatic rings. The molecule has 3 aromatic rings. The van der Waals surface area contributed by atoms with Crippen molar-refractivity contribution in [2.24, 2.45) is 0 Å². The molecule has 0 atom stereocenters. The lowest BCUT2D eigenvalue weighted by Gasteiger charge is -2.12. The van der Waals surface area contributed by atoms with Crippen LogP contribution in [0.4, 0.5) is 0 Å². The Labute approximate surface area is 194 Å². The predicted molar refractivity (Wildman–Crippen MR) is 127 cm³/mol. The van der Waals surface area contributed by atoms with Gasteiger partial charge in [0.05, 0.1) is 7.11 Å². The van der Waals surface area contributed by atoms with Crippen molar-refractivity contribution in [3.8, 4) is 23.3 Å². The lowest BCUT2D eigenvalue weighted by Crippen LogP contribution is -2.23. The molecule has 0 saturated heterocycles. The number of aryl methyl sites for hydroxylation is 1. The van der Waals surface area contributed by atoms with Crippen molar-refractivity contribution in [2.45, 2.75) is 13.5 Å². The highest BCUT2D eigenvalue weighted by Crippen LogP contribution is 2.29. The summed E-state index contributed by atoms with van der Waals surface area (Å²) in [5.41, 5.74) is 2.75. The number of hydrogen-bond acceptors (Lipinski definition) is 5. The second-order valence-corrected chi connectivity index (χ2v) is 7.26. The summed E-state index contributed by atoms with van der Waals surface area (Å²) in [6.07, 6.45) is 1.52. The number of rotatable bonds is 10. The Morgan fingerprint density at radius 3 is 2.48 bits per heavy atom. The second kappa shape index (κ2) is 12.0. The first kappa shape index (κ1) is 23.4. The first-order chi connectivity index (χ1) is 16.1. The molecule has 0 unspecified atom stereocenters. The second-order valence-electron chi connectivity index (χ2n) is 7.26. The molecule has 1 N–H and O–H groups in total. The molecule has 0 aromatic heterocycles. The number of ether oxygens (including phenoxy) is 3. The van der Waals surface area contributed by atoms with Crippen LogP contribution in [0.1, 0.15) is 16.7 Å². The van der Waals surface area contributed by atoms with Crippen molar-refractivity contribution in [1.29, 1.82) is 5.26 Å². The highest BCUT2D eigenvalue weighted by Gasteiger charge is 2.11. The van der Waals surface area contributed by atoms with Crippen LogP contribution < -0.4 is 19.5 Å². The summed E-state index contributed by atoms with van der Waals surface area (Å²) in [5.74, 6) is 1.41. The van der Waals surface area contributed by atoms with Gasteiger partial charge in [-0.25, -0.2) is 0 Å². The SMILES string of the molecule is COc1cc(C=C(C#N)C(=O)NCc2ccccc2)ccc1OCCOc1cccc(C)c1. The molecule has 0 bridgehead atoms.